The Morgan fingerprint density at radius 1 is 1.25 bits per heavy atom. The Labute approximate surface area is 127 Å². The zero-order chi connectivity index (χ0) is 13.9. The molecule has 0 aliphatic heterocycles. The van der Waals surface area contributed by atoms with Crippen molar-refractivity contribution >= 4 is 33.0 Å². The van der Waals surface area contributed by atoms with Gasteiger partial charge in [0.2, 0.25) is 0 Å². The van der Waals surface area contributed by atoms with Crippen LogP contribution in [0.2, 0.25) is 5.02 Å². The van der Waals surface area contributed by atoms with Crippen LogP contribution in [0.15, 0.2) is 48.8 Å². The van der Waals surface area contributed by atoms with Gasteiger partial charge in [0.05, 0.1) is 5.02 Å². The molecule has 0 saturated heterocycles. The number of fused-ring (bicyclic) bond motifs is 1. The maximum absolute atomic E-state index is 6.44. The molecule has 1 atom stereocenters. The molecule has 0 saturated carbocycles. The summed E-state index contributed by atoms with van der Waals surface area (Å²) in [5, 5.41) is 5.52. The molecule has 0 fully saturated rings. The highest BCUT2D eigenvalue weighted by Gasteiger charge is 2.11. The van der Waals surface area contributed by atoms with Crippen molar-refractivity contribution in [3.8, 4) is 0 Å². The number of rotatable bonds is 4. The summed E-state index contributed by atoms with van der Waals surface area (Å²) in [4.78, 5) is 5.33. The minimum atomic E-state index is 0.255. The highest BCUT2D eigenvalue weighted by atomic mass is 35.5. The van der Waals surface area contributed by atoms with Gasteiger partial charge < -0.3 is 5.32 Å². The van der Waals surface area contributed by atoms with Crippen LogP contribution in [0.1, 0.15) is 23.4 Å². The number of hydrogen-bond acceptors (Lipinski definition) is 3. The Kier molecular flexibility index (Phi) is 4.01. The van der Waals surface area contributed by atoms with E-state index >= 15 is 0 Å². The monoisotopic (exact) mass is 302 g/mol. The lowest BCUT2D eigenvalue weighted by Gasteiger charge is -2.13. The molecule has 2 aromatic heterocycles. The van der Waals surface area contributed by atoms with E-state index in [-0.39, 0.29) is 6.04 Å². The van der Waals surface area contributed by atoms with Crippen LogP contribution >= 0.6 is 22.9 Å². The van der Waals surface area contributed by atoms with Crippen molar-refractivity contribution in [1.29, 1.82) is 0 Å². The molecular weight excluding hydrogens is 288 g/mol. The van der Waals surface area contributed by atoms with Gasteiger partial charge in [-0.3, -0.25) is 4.98 Å². The van der Waals surface area contributed by atoms with Crippen molar-refractivity contribution in [1.82, 2.24) is 10.3 Å². The molecule has 0 aliphatic rings. The van der Waals surface area contributed by atoms with Gasteiger partial charge in [0, 0.05) is 39.9 Å². The second-order valence-electron chi connectivity index (χ2n) is 4.72. The quantitative estimate of drug-likeness (QED) is 0.749. The summed E-state index contributed by atoms with van der Waals surface area (Å²) < 4.78 is 1.24. The predicted octanol–water partition coefficient (Wildman–Crippen LogP) is 4.80. The fraction of sp³-hybridized carbons (Fsp3) is 0.188. The van der Waals surface area contributed by atoms with Gasteiger partial charge in [0.1, 0.15) is 0 Å². The number of halogens is 1. The average molecular weight is 303 g/mol. The smallest absolute Gasteiger partial charge is 0.0636 e. The Balaban J connectivity index is 1.76. The van der Waals surface area contributed by atoms with Gasteiger partial charge in [-0.25, -0.2) is 0 Å². The minimum Gasteiger partial charge on any atom is -0.305 e. The Hall–Kier alpha value is -1.42. The van der Waals surface area contributed by atoms with Gasteiger partial charge in [-0.05, 0) is 24.6 Å². The van der Waals surface area contributed by atoms with Crippen LogP contribution in [0.5, 0.6) is 0 Å². The molecule has 0 bridgehead atoms. The number of hydrogen-bond donors (Lipinski definition) is 1. The molecule has 0 unspecified atom stereocenters. The molecule has 1 N–H and O–H groups in total. The zero-order valence-electron chi connectivity index (χ0n) is 11.1. The summed E-state index contributed by atoms with van der Waals surface area (Å²) in [6.45, 7) is 2.91. The van der Waals surface area contributed by atoms with E-state index in [2.05, 4.69) is 35.4 Å². The number of nitrogens with zero attached hydrogens (tertiary/aromatic N) is 1. The average Bonchev–Trinajstić information content (AvgIpc) is 2.83. The van der Waals surface area contributed by atoms with Crippen molar-refractivity contribution in [3.63, 3.8) is 0 Å². The van der Waals surface area contributed by atoms with Crippen molar-refractivity contribution in [2.75, 3.05) is 0 Å². The van der Waals surface area contributed by atoms with Crippen LogP contribution < -0.4 is 5.32 Å². The van der Waals surface area contributed by atoms with Crippen LogP contribution in [0.4, 0.5) is 0 Å². The van der Waals surface area contributed by atoms with Gasteiger partial charge in [-0.15, -0.1) is 11.3 Å². The number of aromatic nitrogens is 1. The van der Waals surface area contributed by atoms with E-state index in [9.17, 15) is 0 Å². The third-order valence-corrected chi connectivity index (χ3v) is 5.07. The number of pyridine rings is 1. The van der Waals surface area contributed by atoms with Crippen LogP contribution in [-0.4, -0.2) is 4.98 Å². The van der Waals surface area contributed by atoms with Gasteiger partial charge >= 0.3 is 0 Å². The van der Waals surface area contributed by atoms with Gasteiger partial charge in [-0.1, -0.05) is 35.9 Å². The highest BCUT2D eigenvalue weighted by molar-refractivity contribution is 7.19. The third kappa shape index (κ3) is 2.70. The first-order valence-electron chi connectivity index (χ1n) is 6.55. The first-order valence-corrected chi connectivity index (χ1v) is 7.74. The Morgan fingerprint density at radius 2 is 2.10 bits per heavy atom. The van der Waals surface area contributed by atoms with Crippen LogP contribution in [-0.2, 0) is 6.54 Å². The van der Waals surface area contributed by atoms with E-state index in [4.69, 9.17) is 11.6 Å². The van der Waals surface area contributed by atoms with E-state index in [1.54, 1.807) is 17.5 Å². The lowest BCUT2D eigenvalue weighted by atomic mass is 10.1. The fourth-order valence-electron chi connectivity index (χ4n) is 2.17. The normalized spacial score (nSPS) is 12.7. The van der Waals surface area contributed by atoms with Gasteiger partial charge in [0.15, 0.2) is 0 Å². The Bertz CT molecular complexity index is 709. The lowest BCUT2D eigenvalue weighted by Crippen LogP contribution is -2.17. The predicted molar refractivity (Wildman–Crippen MR) is 86.3 cm³/mol. The fourth-order valence-corrected chi connectivity index (χ4v) is 3.62. The van der Waals surface area contributed by atoms with Gasteiger partial charge in [0.25, 0.3) is 0 Å². The molecule has 0 aliphatic carbocycles. The molecule has 2 nitrogen and oxygen atoms in total. The lowest BCUT2D eigenvalue weighted by molar-refractivity contribution is 0.577. The molecule has 0 amide bonds. The second kappa shape index (κ2) is 5.92. The summed E-state index contributed by atoms with van der Waals surface area (Å²) in [5.74, 6) is 0. The molecule has 4 heteroatoms. The summed E-state index contributed by atoms with van der Waals surface area (Å²) in [7, 11) is 0. The summed E-state index contributed by atoms with van der Waals surface area (Å²) in [6, 6.07) is 12.5. The maximum atomic E-state index is 6.44. The standard InChI is InChI=1S/C16H15ClN2S/c1-11(12-5-4-8-18-9-12)19-10-15-16(17)13-6-2-3-7-14(13)20-15/h2-9,11,19H,10H2,1H3/t11-/m1/s1. The van der Waals surface area contributed by atoms with Crippen molar-refractivity contribution in [3.05, 3.63) is 64.3 Å². The van der Waals surface area contributed by atoms with Crippen LogP contribution in [0, 0.1) is 0 Å². The molecular formula is C16H15ClN2S. The SMILES string of the molecule is C[C@@H](NCc1sc2ccccc2c1Cl)c1cccnc1. The maximum Gasteiger partial charge on any atom is 0.0636 e. The topological polar surface area (TPSA) is 24.9 Å². The largest absolute Gasteiger partial charge is 0.305 e. The van der Waals surface area contributed by atoms with E-state index < -0.39 is 0 Å². The molecule has 102 valence electrons. The molecule has 1 aromatic carbocycles. The summed E-state index contributed by atoms with van der Waals surface area (Å²) in [5.41, 5.74) is 1.18. The third-order valence-electron chi connectivity index (χ3n) is 3.35. The first kappa shape index (κ1) is 13.6. The molecule has 0 spiro atoms. The molecule has 2 heterocycles. The highest BCUT2D eigenvalue weighted by Crippen LogP contribution is 2.35. The van der Waals surface area contributed by atoms with Crippen molar-refractivity contribution in [2.24, 2.45) is 0 Å². The van der Waals surface area contributed by atoms with E-state index in [0.29, 0.717) is 0 Å². The molecule has 3 rings (SSSR count). The molecule has 20 heavy (non-hydrogen) atoms. The minimum absolute atomic E-state index is 0.255. The van der Waals surface area contributed by atoms with Crippen molar-refractivity contribution < 1.29 is 0 Å². The molecule has 0 radical (unpaired) electrons. The second-order valence-corrected chi connectivity index (χ2v) is 6.24. The van der Waals surface area contributed by atoms with Crippen LogP contribution in [0.3, 0.4) is 0 Å². The van der Waals surface area contributed by atoms with E-state index in [0.717, 1.165) is 17.0 Å². The Morgan fingerprint density at radius 3 is 2.85 bits per heavy atom. The number of thiophene rings is 1. The van der Waals surface area contributed by atoms with E-state index in [1.807, 2.05) is 24.4 Å². The van der Waals surface area contributed by atoms with E-state index in [1.165, 1.54) is 15.1 Å². The molecule has 3 aromatic rings. The summed E-state index contributed by atoms with van der Waals surface area (Å²) in [6.07, 6.45) is 3.68. The van der Waals surface area contributed by atoms with Crippen molar-refractivity contribution in [2.45, 2.75) is 19.5 Å². The summed E-state index contributed by atoms with van der Waals surface area (Å²) >= 11 is 8.20. The number of nitrogens with one attached hydrogen (secondary N) is 1. The zero-order valence-corrected chi connectivity index (χ0v) is 12.7. The number of benzene rings is 1. The van der Waals surface area contributed by atoms with Crippen LogP contribution in [0.25, 0.3) is 10.1 Å². The first-order chi connectivity index (χ1) is 9.75. The van der Waals surface area contributed by atoms with Gasteiger partial charge in [-0.2, -0.15) is 0 Å².